The standard InChI is InChI=1S/C12H12ClNO2S2/c1-18(15,16)9-4-2-8(3-5-9)11(14)12-10(13)6-7-17-12/h2-7,11H,14H2,1H3. The van der Waals surface area contributed by atoms with Crippen LogP contribution in [0.4, 0.5) is 0 Å². The Morgan fingerprint density at radius 3 is 2.28 bits per heavy atom. The van der Waals surface area contributed by atoms with E-state index in [9.17, 15) is 8.42 Å². The first-order chi connectivity index (χ1) is 8.39. The lowest BCUT2D eigenvalue weighted by molar-refractivity contribution is 0.602. The van der Waals surface area contributed by atoms with Crippen molar-refractivity contribution in [3.05, 3.63) is 51.2 Å². The molecular weight excluding hydrogens is 290 g/mol. The second-order valence-corrected chi connectivity index (χ2v) is 7.32. The molecule has 0 saturated heterocycles. The topological polar surface area (TPSA) is 60.2 Å². The maximum absolute atomic E-state index is 11.3. The highest BCUT2D eigenvalue weighted by Gasteiger charge is 2.15. The van der Waals surface area contributed by atoms with Gasteiger partial charge in [-0.3, -0.25) is 0 Å². The summed E-state index contributed by atoms with van der Waals surface area (Å²) < 4.78 is 22.7. The van der Waals surface area contributed by atoms with Crippen LogP contribution in [0.25, 0.3) is 0 Å². The summed E-state index contributed by atoms with van der Waals surface area (Å²) in [5.74, 6) is 0. The fraction of sp³-hybridized carbons (Fsp3) is 0.167. The summed E-state index contributed by atoms with van der Waals surface area (Å²) >= 11 is 7.51. The molecule has 1 aromatic carbocycles. The molecule has 2 N–H and O–H groups in total. The quantitative estimate of drug-likeness (QED) is 0.948. The van der Waals surface area contributed by atoms with E-state index >= 15 is 0 Å². The monoisotopic (exact) mass is 301 g/mol. The molecule has 0 aliphatic rings. The van der Waals surface area contributed by atoms with E-state index < -0.39 is 9.84 Å². The fourth-order valence-electron chi connectivity index (χ4n) is 1.60. The molecule has 96 valence electrons. The van der Waals surface area contributed by atoms with Gasteiger partial charge in [-0.2, -0.15) is 0 Å². The van der Waals surface area contributed by atoms with Crippen molar-refractivity contribution < 1.29 is 8.42 Å². The third-order valence-electron chi connectivity index (χ3n) is 2.59. The van der Waals surface area contributed by atoms with Gasteiger partial charge in [0.05, 0.1) is 16.0 Å². The molecular formula is C12H12ClNO2S2. The first-order valence-electron chi connectivity index (χ1n) is 5.18. The molecule has 2 rings (SSSR count). The summed E-state index contributed by atoms with van der Waals surface area (Å²) in [5, 5.41) is 2.52. The lowest BCUT2D eigenvalue weighted by atomic mass is 10.1. The highest BCUT2D eigenvalue weighted by molar-refractivity contribution is 7.90. The summed E-state index contributed by atoms with van der Waals surface area (Å²) in [6.07, 6.45) is 1.18. The summed E-state index contributed by atoms with van der Waals surface area (Å²) in [6, 6.07) is 8.03. The second kappa shape index (κ2) is 5.01. The van der Waals surface area contributed by atoms with Crippen molar-refractivity contribution in [3.8, 4) is 0 Å². The third-order valence-corrected chi connectivity index (χ3v) is 5.16. The number of thiophene rings is 1. The van der Waals surface area contributed by atoms with Crippen LogP contribution in [-0.2, 0) is 9.84 Å². The summed E-state index contributed by atoms with van der Waals surface area (Å²) in [4.78, 5) is 1.17. The Morgan fingerprint density at radius 1 is 1.22 bits per heavy atom. The molecule has 0 fully saturated rings. The zero-order valence-electron chi connectivity index (χ0n) is 9.63. The molecule has 0 saturated carbocycles. The Balaban J connectivity index is 2.33. The number of benzene rings is 1. The van der Waals surface area contributed by atoms with Gasteiger partial charge in [0.2, 0.25) is 0 Å². The second-order valence-electron chi connectivity index (χ2n) is 3.95. The van der Waals surface area contributed by atoms with Gasteiger partial charge in [-0.05, 0) is 29.1 Å². The Bertz CT molecular complexity index is 647. The number of rotatable bonds is 3. The van der Waals surface area contributed by atoms with Crippen molar-refractivity contribution in [2.45, 2.75) is 10.9 Å². The van der Waals surface area contributed by atoms with E-state index in [1.54, 1.807) is 30.3 Å². The molecule has 0 bridgehead atoms. The third kappa shape index (κ3) is 2.75. The van der Waals surface area contributed by atoms with E-state index in [4.69, 9.17) is 17.3 Å². The first-order valence-corrected chi connectivity index (χ1v) is 8.33. The van der Waals surface area contributed by atoms with E-state index in [2.05, 4.69) is 0 Å². The SMILES string of the molecule is CS(=O)(=O)c1ccc(C(N)c2sccc2Cl)cc1. The summed E-state index contributed by atoms with van der Waals surface area (Å²) in [6.45, 7) is 0. The van der Waals surface area contributed by atoms with E-state index in [1.807, 2.05) is 5.38 Å². The van der Waals surface area contributed by atoms with Crippen LogP contribution < -0.4 is 5.73 Å². The van der Waals surface area contributed by atoms with Crippen LogP contribution in [0.1, 0.15) is 16.5 Å². The van der Waals surface area contributed by atoms with Crippen LogP contribution in [0.2, 0.25) is 5.02 Å². The van der Waals surface area contributed by atoms with E-state index in [0.717, 1.165) is 10.4 Å². The number of halogens is 1. The zero-order chi connectivity index (χ0) is 13.3. The minimum Gasteiger partial charge on any atom is -0.320 e. The van der Waals surface area contributed by atoms with Crippen molar-refractivity contribution >= 4 is 32.8 Å². The Labute approximate surface area is 115 Å². The molecule has 3 nitrogen and oxygen atoms in total. The molecule has 2 aromatic rings. The minimum absolute atomic E-state index is 0.288. The molecule has 18 heavy (non-hydrogen) atoms. The molecule has 0 spiro atoms. The molecule has 1 atom stereocenters. The van der Waals surface area contributed by atoms with E-state index in [0.29, 0.717) is 5.02 Å². The highest BCUT2D eigenvalue weighted by Crippen LogP contribution is 2.31. The van der Waals surface area contributed by atoms with Gasteiger partial charge in [0.15, 0.2) is 9.84 Å². The summed E-state index contributed by atoms with van der Waals surface area (Å²) in [7, 11) is -3.17. The Hall–Kier alpha value is -0.880. The van der Waals surface area contributed by atoms with Crippen molar-refractivity contribution in [2.75, 3.05) is 6.26 Å². The van der Waals surface area contributed by atoms with Crippen molar-refractivity contribution in [1.82, 2.24) is 0 Å². The smallest absolute Gasteiger partial charge is 0.175 e. The molecule has 1 heterocycles. The average Bonchev–Trinajstić information content (AvgIpc) is 2.73. The van der Waals surface area contributed by atoms with Crippen molar-refractivity contribution in [3.63, 3.8) is 0 Å². The van der Waals surface area contributed by atoms with Crippen LogP contribution >= 0.6 is 22.9 Å². The van der Waals surface area contributed by atoms with Gasteiger partial charge >= 0.3 is 0 Å². The maximum Gasteiger partial charge on any atom is 0.175 e. The largest absolute Gasteiger partial charge is 0.320 e. The highest BCUT2D eigenvalue weighted by atomic mass is 35.5. The molecule has 0 aliphatic carbocycles. The average molecular weight is 302 g/mol. The van der Waals surface area contributed by atoms with Gasteiger partial charge < -0.3 is 5.73 Å². The van der Waals surface area contributed by atoms with Crippen LogP contribution in [0.15, 0.2) is 40.6 Å². The van der Waals surface area contributed by atoms with Crippen LogP contribution in [0, 0.1) is 0 Å². The van der Waals surface area contributed by atoms with Gasteiger partial charge in [-0.15, -0.1) is 11.3 Å². The van der Waals surface area contributed by atoms with Crippen molar-refractivity contribution in [1.29, 1.82) is 0 Å². The van der Waals surface area contributed by atoms with Gasteiger partial charge in [0.1, 0.15) is 0 Å². The first kappa shape index (κ1) is 13.5. The lowest BCUT2D eigenvalue weighted by Crippen LogP contribution is -2.10. The van der Waals surface area contributed by atoms with Gasteiger partial charge in [0, 0.05) is 11.1 Å². The molecule has 1 aromatic heterocycles. The predicted octanol–water partition coefficient (Wildman–Crippen LogP) is 2.85. The molecule has 0 aliphatic heterocycles. The van der Waals surface area contributed by atoms with Gasteiger partial charge in [0.25, 0.3) is 0 Å². The minimum atomic E-state index is -3.17. The molecule has 1 unspecified atom stereocenters. The molecule has 6 heteroatoms. The molecule has 0 radical (unpaired) electrons. The van der Waals surface area contributed by atoms with Gasteiger partial charge in [-0.25, -0.2) is 8.42 Å². The van der Waals surface area contributed by atoms with E-state index in [1.165, 1.54) is 17.6 Å². The molecule has 0 amide bonds. The Kier molecular flexibility index (Phi) is 3.77. The van der Waals surface area contributed by atoms with Crippen molar-refractivity contribution in [2.24, 2.45) is 5.73 Å². The number of hydrogen-bond acceptors (Lipinski definition) is 4. The van der Waals surface area contributed by atoms with Crippen LogP contribution in [-0.4, -0.2) is 14.7 Å². The van der Waals surface area contributed by atoms with E-state index in [-0.39, 0.29) is 10.9 Å². The number of nitrogens with two attached hydrogens (primary N) is 1. The van der Waals surface area contributed by atoms with Crippen LogP contribution in [0.5, 0.6) is 0 Å². The zero-order valence-corrected chi connectivity index (χ0v) is 12.0. The maximum atomic E-state index is 11.3. The number of hydrogen-bond donors (Lipinski definition) is 1. The summed E-state index contributed by atoms with van der Waals surface area (Å²) in [5.41, 5.74) is 6.94. The fourth-order valence-corrected chi connectivity index (χ4v) is 3.43. The van der Waals surface area contributed by atoms with Gasteiger partial charge in [-0.1, -0.05) is 23.7 Å². The number of sulfone groups is 1. The van der Waals surface area contributed by atoms with Crippen LogP contribution in [0.3, 0.4) is 0 Å². The Morgan fingerprint density at radius 2 is 1.83 bits per heavy atom. The lowest BCUT2D eigenvalue weighted by Gasteiger charge is -2.11. The predicted molar refractivity (Wildman–Crippen MR) is 74.9 cm³/mol. The normalized spacial score (nSPS) is 13.5.